The largest absolute Gasteiger partial charge is 0.243 e. The summed E-state index contributed by atoms with van der Waals surface area (Å²) in [5.41, 5.74) is -1.67. The second kappa shape index (κ2) is 9.65. The molecule has 0 radical (unpaired) electrons. The van der Waals surface area contributed by atoms with E-state index in [0.717, 1.165) is 25.3 Å². The summed E-state index contributed by atoms with van der Waals surface area (Å²) >= 11 is 0. The van der Waals surface area contributed by atoms with Gasteiger partial charge in [0.2, 0.25) is 5.67 Å². The summed E-state index contributed by atoms with van der Waals surface area (Å²) in [6, 6.07) is 7.01. The highest BCUT2D eigenvalue weighted by atomic mass is 19.2. The van der Waals surface area contributed by atoms with Gasteiger partial charge in [0.15, 0.2) is 11.6 Å². The van der Waals surface area contributed by atoms with Crippen LogP contribution in [0.5, 0.6) is 0 Å². The zero-order chi connectivity index (χ0) is 20.9. The normalized spacial score (nSPS) is 24.3. The van der Waals surface area contributed by atoms with Gasteiger partial charge in [-0.25, -0.2) is 17.6 Å². The lowest BCUT2D eigenvalue weighted by Gasteiger charge is -2.33. The van der Waals surface area contributed by atoms with Crippen LogP contribution in [-0.4, -0.2) is 11.8 Å². The van der Waals surface area contributed by atoms with Crippen molar-refractivity contribution in [2.24, 2.45) is 5.92 Å². The summed E-state index contributed by atoms with van der Waals surface area (Å²) in [6.07, 6.45) is 6.24. The SMILES string of the molecule is CCCCCCCC1CCC(F)(C#Cc2ccc3c(F)c(F)ccc3c2)C(F)C1. The fourth-order valence-corrected chi connectivity index (χ4v) is 4.13. The van der Waals surface area contributed by atoms with Crippen molar-refractivity contribution in [3.8, 4) is 11.8 Å². The van der Waals surface area contributed by atoms with Gasteiger partial charge in [-0.05, 0) is 48.8 Å². The summed E-state index contributed by atoms with van der Waals surface area (Å²) in [4.78, 5) is 0. The van der Waals surface area contributed by atoms with Crippen molar-refractivity contribution in [2.45, 2.75) is 76.6 Å². The van der Waals surface area contributed by atoms with Crippen molar-refractivity contribution in [1.29, 1.82) is 0 Å². The van der Waals surface area contributed by atoms with Crippen LogP contribution in [0.15, 0.2) is 30.3 Å². The van der Waals surface area contributed by atoms with Crippen molar-refractivity contribution in [1.82, 2.24) is 0 Å². The van der Waals surface area contributed by atoms with Crippen molar-refractivity contribution in [3.63, 3.8) is 0 Å². The van der Waals surface area contributed by atoms with E-state index in [1.54, 1.807) is 6.07 Å². The molecule has 2 aromatic rings. The van der Waals surface area contributed by atoms with Crippen LogP contribution in [0.25, 0.3) is 10.8 Å². The third kappa shape index (κ3) is 5.32. The van der Waals surface area contributed by atoms with E-state index in [0.29, 0.717) is 17.4 Å². The lowest BCUT2D eigenvalue weighted by molar-refractivity contribution is 0.0357. The molecule has 4 heteroatoms. The fourth-order valence-electron chi connectivity index (χ4n) is 4.13. The molecule has 3 rings (SSSR count). The number of rotatable bonds is 6. The molecule has 1 fully saturated rings. The molecule has 3 unspecified atom stereocenters. The first-order chi connectivity index (χ1) is 13.9. The average Bonchev–Trinajstić information content (AvgIpc) is 2.72. The molecule has 0 aliphatic heterocycles. The van der Waals surface area contributed by atoms with E-state index in [-0.39, 0.29) is 24.1 Å². The Morgan fingerprint density at radius 2 is 1.86 bits per heavy atom. The quantitative estimate of drug-likeness (QED) is 0.263. The van der Waals surface area contributed by atoms with Crippen molar-refractivity contribution in [3.05, 3.63) is 47.5 Å². The molecular formula is C25H28F4. The van der Waals surface area contributed by atoms with Crippen LogP contribution in [0.3, 0.4) is 0 Å². The maximum absolute atomic E-state index is 15.1. The van der Waals surface area contributed by atoms with Gasteiger partial charge in [-0.1, -0.05) is 69.4 Å². The summed E-state index contributed by atoms with van der Waals surface area (Å²) < 4.78 is 56.8. The van der Waals surface area contributed by atoms with Crippen LogP contribution in [-0.2, 0) is 0 Å². The molecule has 1 aliphatic rings. The van der Waals surface area contributed by atoms with Gasteiger partial charge < -0.3 is 0 Å². The molecule has 0 N–H and O–H groups in total. The van der Waals surface area contributed by atoms with Gasteiger partial charge >= 0.3 is 0 Å². The smallest absolute Gasteiger partial charge is 0.202 e. The lowest BCUT2D eigenvalue weighted by Crippen LogP contribution is -2.39. The summed E-state index contributed by atoms with van der Waals surface area (Å²) in [5, 5.41) is 0.625. The molecule has 0 aromatic heterocycles. The fraction of sp³-hybridized carbons (Fsp3) is 0.520. The molecule has 0 saturated heterocycles. The van der Waals surface area contributed by atoms with E-state index in [2.05, 4.69) is 18.8 Å². The maximum atomic E-state index is 15.1. The minimum atomic E-state index is -2.14. The van der Waals surface area contributed by atoms with Crippen molar-refractivity contribution in [2.75, 3.05) is 0 Å². The van der Waals surface area contributed by atoms with Crippen LogP contribution in [0.4, 0.5) is 17.6 Å². The predicted molar refractivity (Wildman–Crippen MR) is 110 cm³/mol. The standard InChI is InChI=1S/C25H28F4/c1-2-3-4-5-6-7-18-12-14-25(29,23(27)17-18)15-13-19-8-10-21-20(16-19)9-11-22(26)24(21)28/h8-11,16,18,23H,2-7,12,14,17H2,1H3. The molecule has 0 bridgehead atoms. The third-order valence-corrected chi connectivity index (χ3v) is 5.99. The minimum Gasteiger partial charge on any atom is -0.243 e. The Morgan fingerprint density at radius 1 is 1.07 bits per heavy atom. The first-order valence-corrected chi connectivity index (χ1v) is 10.7. The highest BCUT2D eigenvalue weighted by Gasteiger charge is 2.43. The molecule has 0 amide bonds. The maximum Gasteiger partial charge on any atom is 0.202 e. The summed E-state index contributed by atoms with van der Waals surface area (Å²) in [7, 11) is 0. The third-order valence-electron chi connectivity index (χ3n) is 5.99. The Kier molecular flexibility index (Phi) is 7.22. The zero-order valence-corrected chi connectivity index (χ0v) is 16.9. The molecule has 156 valence electrons. The van der Waals surface area contributed by atoms with Crippen molar-refractivity contribution >= 4 is 10.8 Å². The monoisotopic (exact) mass is 404 g/mol. The second-order valence-electron chi connectivity index (χ2n) is 8.22. The molecule has 29 heavy (non-hydrogen) atoms. The number of hydrogen-bond acceptors (Lipinski definition) is 0. The Bertz CT molecular complexity index is 895. The van der Waals surface area contributed by atoms with Crippen LogP contribution >= 0.6 is 0 Å². The number of fused-ring (bicyclic) bond motifs is 1. The van der Waals surface area contributed by atoms with Crippen LogP contribution in [0.2, 0.25) is 0 Å². The van der Waals surface area contributed by atoms with Crippen LogP contribution in [0.1, 0.15) is 70.3 Å². The van der Waals surface area contributed by atoms with E-state index < -0.39 is 23.5 Å². The second-order valence-corrected chi connectivity index (χ2v) is 8.22. The van der Waals surface area contributed by atoms with Gasteiger partial charge in [-0.2, -0.15) is 0 Å². The molecule has 1 aliphatic carbocycles. The molecule has 2 aromatic carbocycles. The van der Waals surface area contributed by atoms with E-state index in [1.807, 2.05) is 0 Å². The van der Waals surface area contributed by atoms with Crippen molar-refractivity contribution < 1.29 is 17.6 Å². The Morgan fingerprint density at radius 3 is 2.62 bits per heavy atom. The van der Waals surface area contributed by atoms with E-state index in [1.165, 1.54) is 37.5 Å². The first kappa shape index (κ1) is 21.7. The Labute approximate surface area is 170 Å². The molecule has 0 spiro atoms. The summed E-state index contributed by atoms with van der Waals surface area (Å²) in [5.74, 6) is 3.61. The van der Waals surface area contributed by atoms with E-state index in [9.17, 15) is 13.2 Å². The van der Waals surface area contributed by atoms with E-state index >= 15 is 4.39 Å². The minimum absolute atomic E-state index is 0.105. The van der Waals surface area contributed by atoms with Crippen LogP contribution < -0.4 is 0 Å². The molecule has 1 saturated carbocycles. The Hall–Kier alpha value is -2.02. The van der Waals surface area contributed by atoms with Crippen LogP contribution in [0, 0.1) is 29.4 Å². The molecule has 0 heterocycles. The van der Waals surface area contributed by atoms with E-state index in [4.69, 9.17) is 0 Å². The molecular weight excluding hydrogens is 376 g/mol. The highest BCUT2D eigenvalue weighted by Crippen LogP contribution is 2.39. The number of unbranched alkanes of at least 4 members (excludes halogenated alkanes) is 4. The van der Waals surface area contributed by atoms with Gasteiger partial charge in [0.05, 0.1) is 0 Å². The predicted octanol–water partition coefficient (Wildman–Crippen LogP) is 7.68. The number of benzene rings is 2. The summed E-state index contributed by atoms with van der Waals surface area (Å²) in [6.45, 7) is 2.17. The lowest BCUT2D eigenvalue weighted by atomic mass is 9.77. The first-order valence-electron chi connectivity index (χ1n) is 10.7. The van der Waals surface area contributed by atoms with Gasteiger partial charge in [-0.3, -0.25) is 0 Å². The average molecular weight is 404 g/mol. The van der Waals surface area contributed by atoms with Gasteiger partial charge in [0.1, 0.15) is 6.17 Å². The van der Waals surface area contributed by atoms with Gasteiger partial charge in [-0.15, -0.1) is 0 Å². The zero-order valence-electron chi connectivity index (χ0n) is 16.9. The number of halogens is 4. The van der Waals surface area contributed by atoms with Gasteiger partial charge in [0.25, 0.3) is 0 Å². The molecule has 0 nitrogen and oxygen atoms in total. The van der Waals surface area contributed by atoms with Gasteiger partial charge in [0, 0.05) is 10.9 Å². The molecule has 3 atom stereocenters. The highest BCUT2D eigenvalue weighted by molar-refractivity contribution is 5.84. The topological polar surface area (TPSA) is 0 Å². The number of hydrogen-bond donors (Lipinski definition) is 0. The number of alkyl halides is 2. The Balaban J connectivity index is 1.63.